The summed E-state index contributed by atoms with van der Waals surface area (Å²) in [5.74, 6) is 0.521. The largest absolute Gasteiger partial charge is 0.494 e. The number of nitrogens with one attached hydrogen (secondary N) is 1. The average molecular weight is 396 g/mol. The molecule has 1 N–H and O–H groups in total. The summed E-state index contributed by atoms with van der Waals surface area (Å²) in [6.45, 7) is 8.00. The Morgan fingerprint density at radius 1 is 1.07 bits per heavy atom. The Morgan fingerprint density at radius 2 is 1.76 bits per heavy atom. The number of carbonyl (C=O) groups excluding carboxylic acids is 2. The molecule has 154 valence electrons. The Bertz CT molecular complexity index is 840. The summed E-state index contributed by atoms with van der Waals surface area (Å²) in [6, 6.07) is 14.5. The maximum atomic E-state index is 12.7. The number of hydrogen-bond donors (Lipinski definition) is 1. The number of hydrogen-bond acceptors (Lipinski definition) is 4. The molecule has 3 rings (SSSR count). The van der Waals surface area contributed by atoms with E-state index in [4.69, 9.17) is 9.47 Å². The standard InChI is InChI=1S/C23H28N2O4/c1-4-28-21-7-5-6-20(12-21)22(26)24-13-18-8-10-19(11-9-18)23(27)25-14-16(2)29-17(3)15-25/h5-12,16-17H,4,13-15H2,1-3H3,(H,24,26). The highest BCUT2D eigenvalue weighted by Crippen LogP contribution is 2.16. The predicted octanol–water partition coefficient (Wildman–Crippen LogP) is 3.26. The highest BCUT2D eigenvalue weighted by molar-refractivity contribution is 5.95. The zero-order valence-electron chi connectivity index (χ0n) is 17.2. The van der Waals surface area contributed by atoms with E-state index in [1.54, 1.807) is 18.2 Å². The maximum Gasteiger partial charge on any atom is 0.254 e. The van der Waals surface area contributed by atoms with Crippen molar-refractivity contribution in [1.82, 2.24) is 10.2 Å². The molecule has 0 bridgehead atoms. The molecular formula is C23H28N2O4. The summed E-state index contributed by atoms with van der Waals surface area (Å²) < 4.78 is 11.1. The zero-order chi connectivity index (χ0) is 20.8. The summed E-state index contributed by atoms with van der Waals surface area (Å²) in [6.07, 6.45) is 0.0804. The van der Waals surface area contributed by atoms with Crippen LogP contribution in [0.5, 0.6) is 5.75 Å². The maximum absolute atomic E-state index is 12.7. The number of amides is 2. The van der Waals surface area contributed by atoms with E-state index in [-0.39, 0.29) is 24.0 Å². The lowest BCUT2D eigenvalue weighted by Crippen LogP contribution is -2.48. The van der Waals surface area contributed by atoms with Crippen LogP contribution in [0.3, 0.4) is 0 Å². The van der Waals surface area contributed by atoms with E-state index in [1.807, 2.05) is 56.0 Å². The minimum absolute atomic E-state index is 0.00956. The summed E-state index contributed by atoms with van der Waals surface area (Å²) in [7, 11) is 0. The third-order valence-corrected chi connectivity index (χ3v) is 4.77. The van der Waals surface area contributed by atoms with Crippen LogP contribution in [0.2, 0.25) is 0 Å². The first kappa shape index (κ1) is 20.9. The summed E-state index contributed by atoms with van der Waals surface area (Å²) in [5.41, 5.74) is 2.13. The molecule has 6 nitrogen and oxygen atoms in total. The average Bonchev–Trinajstić information content (AvgIpc) is 2.71. The van der Waals surface area contributed by atoms with Gasteiger partial charge in [-0.15, -0.1) is 0 Å². The number of benzene rings is 2. The molecule has 2 unspecified atom stereocenters. The fourth-order valence-corrected chi connectivity index (χ4v) is 3.47. The van der Waals surface area contributed by atoms with Crippen molar-refractivity contribution in [2.75, 3.05) is 19.7 Å². The van der Waals surface area contributed by atoms with Crippen LogP contribution in [0.1, 0.15) is 47.1 Å². The van der Waals surface area contributed by atoms with Crippen LogP contribution in [-0.4, -0.2) is 48.6 Å². The Labute approximate surface area is 171 Å². The minimum atomic E-state index is -0.164. The van der Waals surface area contributed by atoms with Crippen molar-refractivity contribution in [1.29, 1.82) is 0 Å². The molecule has 1 aliphatic rings. The minimum Gasteiger partial charge on any atom is -0.494 e. The van der Waals surface area contributed by atoms with Gasteiger partial charge in [0.05, 0.1) is 18.8 Å². The van der Waals surface area contributed by atoms with Gasteiger partial charge in [-0.05, 0) is 56.7 Å². The quantitative estimate of drug-likeness (QED) is 0.814. The van der Waals surface area contributed by atoms with Crippen molar-refractivity contribution >= 4 is 11.8 Å². The molecule has 6 heteroatoms. The first-order valence-electron chi connectivity index (χ1n) is 10.0. The van der Waals surface area contributed by atoms with Crippen LogP contribution < -0.4 is 10.1 Å². The van der Waals surface area contributed by atoms with Crippen LogP contribution in [0.15, 0.2) is 48.5 Å². The van der Waals surface area contributed by atoms with E-state index < -0.39 is 0 Å². The van der Waals surface area contributed by atoms with Gasteiger partial charge in [0.2, 0.25) is 0 Å². The second-order valence-corrected chi connectivity index (χ2v) is 7.31. The number of rotatable bonds is 6. The topological polar surface area (TPSA) is 67.9 Å². The normalized spacial score (nSPS) is 18.9. The molecule has 1 fully saturated rings. The lowest BCUT2D eigenvalue weighted by atomic mass is 10.1. The van der Waals surface area contributed by atoms with E-state index in [0.717, 1.165) is 5.56 Å². The molecule has 0 spiro atoms. The molecule has 0 aromatic heterocycles. The Hall–Kier alpha value is -2.86. The van der Waals surface area contributed by atoms with Crippen molar-refractivity contribution in [2.24, 2.45) is 0 Å². The fraction of sp³-hybridized carbons (Fsp3) is 0.391. The van der Waals surface area contributed by atoms with E-state index >= 15 is 0 Å². The third kappa shape index (κ3) is 5.57. The van der Waals surface area contributed by atoms with Crippen LogP contribution >= 0.6 is 0 Å². The lowest BCUT2D eigenvalue weighted by Gasteiger charge is -2.35. The van der Waals surface area contributed by atoms with Gasteiger partial charge in [0.1, 0.15) is 5.75 Å². The number of morpholine rings is 1. The molecule has 2 aromatic carbocycles. The zero-order valence-corrected chi connectivity index (χ0v) is 17.2. The molecule has 0 aliphatic carbocycles. The first-order chi connectivity index (χ1) is 14.0. The second kappa shape index (κ2) is 9.56. The van der Waals surface area contributed by atoms with Crippen LogP contribution in [0, 0.1) is 0 Å². The molecule has 1 aliphatic heterocycles. The number of ether oxygens (including phenoxy) is 2. The Kier molecular flexibility index (Phi) is 6.88. The highest BCUT2D eigenvalue weighted by Gasteiger charge is 2.26. The lowest BCUT2D eigenvalue weighted by molar-refractivity contribution is -0.0586. The van der Waals surface area contributed by atoms with Gasteiger partial charge in [-0.25, -0.2) is 0 Å². The molecule has 0 radical (unpaired) electrons. The predicted molar refractivity (Wildman–Crippen MR) is 111 cm³/mol. The molecule has 2 atom stereocenters. The van der Waals surface area contributed by atoms with Crippen LogP contribution in [0.25, 0.3) is 0 Å². The van der Waals surface area contributed by atoms with Crippen molar-refractivity contribution in [3.8, 4) is 5.75 Å². The number of nitrogens with zero attached hydrogens (tertiary/aromatic N) is 1. The summed E-state index contributed by atoms with van der Waals surface area (Å²) in [4.78, 5) is 26.9. The van der Waals surface area contributed by atoms with Crippen molar-refractivity contribution in [2.45, 2.75) is 39.5 Å². The van der Waals surface area contributed by atoms with Gasteiger partial charge in [0, 0.05) is 30.8 Å². The second-order valence-electron chi connectivity index (χ2n) is 7.31. The first-order valence-corrected chi connectivity index (χ1v) is 10.0. The van der Waals surface area contributed by atoms with Crippen LogP contribution in [-0.2, 0) is 11.3 Å². The summed E-state index contributed by atoms with van der Waals surface area (Å²) in [5, 5.41) is 2.90. The van der Waals surface area contributed by atoms with Gasteiger partial charge in [-0.2, -0.15) is 0 Å². The SMILES string of the molecule is CCOc1cccc(C(=O)NCc2ccc(C(=O)N3CC(C)OC(C)C3)cc2)c1. The van der Waals surface area contributed by atoms with E-state index in [1.165, 1.54) is 0 Å². The summed E-state index contributed by atoms with van der Waals surface area (Å²) >= 11 is 0. The fourth-order valence-electron chi connectivity index (χ4n) is 3.47. The molecule has 2 amide bonds. The highest BCUT2D eigenvalue weighted by atomic mass is 16.5. The molecule has 0 saturated carbocycles. The van der Waals surface area contributed by atoms with Gasteiger partial charge in [0.15, 0.2) is 0 Å². The van der Waals surface area contributed by atoms with E-state index in [9.17, 15) is 9.59 Å². The van der Waals surface area contributed by atoms with Gasteiger partial charge < -0.3 is 19.7 Å². The molecule has 1 heterocycles. The van der Waals surface area contributed by atoms with E-state index in [2.05, 4.69) is 5.32 Å². The molecular weight excluding hydrogens is 368 g/mol. The van der Waals surface area contributed by atoms with Gasteiger partial charge in [0.25, 0.3) is 11.8 Å². The smallest absolute Gasteiger partial charge is 0.254 e. The van der Waals surface area contributed by atoms with Gasteiger partial charge in [-0.3, -0.25) is 9.59 Å². The van der Waals surface area contributed by atoms with Crippen molar-refractivity contribution in [3.63, 3.8) is 0 Å². The van der Waals surface area contributed by atoms with E-state index in [0.29, 0.717) is 43.1 Å². The van der Waals surface area contributed by atoms with Gasteiger partial charge in [-0.1, -0.05) is 18.2 Å². The van der Waals surface area contributed by atoms with Gasteiger partial charge >= 0.3 is 0 Å². The Morgan fingerprint density at radius 3 is 2.41 bits per heavy atom. The van der Waals surface area contributed by atoms with Crippen molar-refractivity contribution in [3.05, 3.63) is 65.2 Å². The molecule has 2 aromatic rings. The molecule has 1 saturated heterocycles. The number of carbonyl (C=O) groups is 2. The molecule has 29 heavy (non-hydrogen) atoms. The van der Waals surface area contributed by atoms with Crippen molar-refractivity contribution < 1.29 is 19.1 Å². The van der Waals surface area contributed by atoms with Crippen LogP contribution in [0.4, 0.5) is 0 Å². The third-order valence-electron chi connectivity index (χ3n) is 4.77. The monoisotopic (exact) mass is 396 g/mol. The Balaban J connectivity index is 1.57.